The maximum absolute atomic E-state index is 6.21. The zero-order chi connectivity index (χ0) is 15.4. The molecule has 21 heavy (non-hydrogen) atoms. The third-order valence-corrected chi connectivity index (χ3v) is 3.84. The molecule has 3 nitrogen and oxygen atoms in total. The second-order valence-corrected chi connectivity index (χ2v) is 5.69. The Hall–Kier alpha value is -1.74. The molecule has 0 aliphatic heterocycles. The normalized spacial score (nSPS) is 15.5. The predicted molar refractivity (Wildman–Crippen MR) is 85.6 cm³/mol. The van der Waals surface area contributed by atoms with E-state index >= 15 is 0 Å². The van der Waals surface area contributed by atoms with Crippen molar-refractivity contribution < 1.29 is 9.15 Å². The van der Waals surface area contributed by atoms with Gasteiger partial charge >= 0.3 is 0 Å². The van der Waals surface area contributed by atoms with Crippen molar-refractivity contribution in [2.24, 2.45) is 5.73 Å². The zero-order valence-corrected chi connectivity index (χ0v) is 13.3. The van der Waals surface area contributed by atoms with Crippen LogP contribution in [-0.2, 0) is 0 Å². The summed E-state index contributed by atoms with van der Waals surface area (Å²) in [6, 6.07) is 11.9. The lowest BCUT2D eigenvalue weighted by atomic mass is 9.97. The van der Waals surface area contributed by atoms with Crippen molar-refractivity contribution in [1.29, 1.82) is 0 Å². The fourth-order valence-electron chi connectivity index (χ4n) is 2.38. The third-order valence-electron chi connectivity index (χ3n) is 3.84. The lowest BCUT2D eigenvalue weighted by Gasteiger charge is -2.23. The van der Waals surface area contributed by atoms with Gasteiger partial charge in [0.25, 0.3) is 0 Å². The van der Waals surface area contributed by atoms with Crippen LogP contribution in [0, 0.1) is 6.92 Å². The minimum atomic E-state index is -0.274. The van der Waals surface area contributed by atoms with E-state index in [9.17, 15) is 0 Å². The van der Waals surface area contributed by atoms with Crippen molar-refractivity contribution in [3.05, 3.63) is 53.5 Å². The number of rotatable bonds is 6. The second kappa shape index (κ2) is 6.81. The molecule has 0 radical (unpaired) electrons. The Morgan fingerprint density at radius 1 is 1.14 bits per heavy atom. The monoisotopic (exact) mass is 287 g/mol. The van der Waals surface area contributed by atoms with Crippen molar-refractivity contribution in [3.63, 3.8) is 0 Å². The fraction of sp³-hybridized carbons (Fsp3) is 0.444. The van der Waals surface area contributed by atoms with E-state index in [2.05, 4.69) is 19.9 Å². The van der Waals surface area contributed by atoms with Crippen LogP contribution in [-0.4, -0.2) is 6.04 Å². The highest BCUT2D eigenvalue weighted by atomic mass is 16.5. The lowest BCUT2D eigenvalue weighted by molar-refractivity contribution is 0.149. The molecule has 0 fully saturated rings. The molecule has 2 N–H and O–H groups in total. The van der Waals surface area contributed by atoms with Crippen LogP contribution < -0.4 is 10.5 Å². The van der Waals surface area contributed by atoms with E-state index in [4.69, 9.17) is 14.9 Å². The number of ether oxygens (including phenoxy) is 1. The molecule has 2 rings (SSSR count). The molecule has 0 aliphatic carbocycles. The van der Waals surface area contributed by atoms with Gasteiger partial charge < -0.3 is 14.9 Å². The Morgan fingerprint density at radius 3 is 2.43 bits per heavy atom. The number of hydrogen-bond acceptors (Lipinski definition) is 3. The smallest absolute Gasteiger partial charge is 0.171 e. The molecule has 0 spiro atoms. The maximum atomic E-state index is 6.21. The Bertz CT molecular complexity index is 574. The first kappa shape index (κ1) is 15.6. The minimum absolute atomic E-state index is 0.152. The van der Waals surface area contributed by atoms with E-state index in [0.29, 0.717) is 5.92 Å². The zero-order valence-electron chi connectivity index (χ0n) is 13.3. The Morgan fingerprint density at radius 2 is 1.86 bits per heavy atom. The van der Waals surface area contributed by atoms with Crippen molar-refractivity contribution in [3.8, 4) is 5.75 Å². The Labute approximate surface area is 127 Å². The number of aryl methyl sites for hydroxylation is 1. The molecule has 3 atom stereocenters. The molecule has 0 aliphatic rings. The highest BCUT2D eigenvalue weighted by Gasteiger charge is 2.23. The summed E-state index contributed by atoms with van der Waals surface area (Å²) in [4.78, 5) is 0. The molecule has 0 amide bonds. The van der Waals surface area contributed by atoms with Crippen LogP contribution >= 0.6 is 0 Å². The molecule has 3 heteroatoms. The van der Waals surface area contributed by atoms with Gasteiger partial charge in [-0.1, -0.05) is 32.0 Å². The topological polar surface area (TPSA) is 48.4 Å². The molecule has 3 unspecified atom stereocenters. The van der Waals surface area contributed by atoms with Crippen molar-refractivity contribution in [2.45, 2.75) is 52.2 Å². The largest absolute Gasteiger partial charge is 0.481 e. The molecule has 0 saturated carbocycles. The highest BCUT2D eigenvalue weighted by Crippen LogP contribution is 2.33. The van der Waals surface area contributed by atoms with Crippen LogP contribution in [0.3, 0.4) is 0 Å². The first-order valence-electron chi connectivity index (χ1n) is 7.60. The van der Waals surface area contributed by atoms with E-state index in [1.165, 1.54) is 5.56 Å². The number of benzene rings is 1. The molecule has 1 aromatic heterocycles. The van der Waals surface area contributed by atoms with Gasteiger partial charge in [-0.05, 0) is 49.9 Å². The summed E-state index contributed by atoms with van der Waals surface area (Å²) in [5, 5.41) is 0. The first-order chi connectivity index (χ1) is 10.0. The third kappa shape index (κ3) is 3.67. The molecule has 1 heterocycles. The van der Waals surface area contributed by atoms with Gasteiger partial charge in [0.2, 0.25) is 0 Å². The Kier molecular flexibility index (Phi) is 5.07. The summed E-state index contributed by atoms with van der Waals surface area (Å²) in [5.74, 6) is 2.99. The molecule has 0 saturated heterocycles. The van der Waals surface area contributed by atoms with Gasteiger partial charge in [-0.2, -0.15) is 0 Å². The van der Waals surface area contributed by atoms with E-state index in [-0.39, 0.29) is 12.1 Å². The van der Waals surface area contributed by atoms with Crippen molar-refractivity contribution in [1.82, 2.24) is 0 Å². The summed E-state index contributed by atoms with van der Waals surface area (Å²) < 4.78 is 11.9. The van der Waals surface area contributed by atoms with Crippen molar-refractivity contribution in [2.75, 3.05) is 0 Å². The first-order valence-corrected chi connectivity index (χ1v) is 7.60. The average molecular weight is 287 g/mol. The summed E-state index contributed by atoms with van der Waals surface area (Å²) in [7, 11) is 0. The van der Waals surface area contributed by atoms with Crippen LogP contribution in [0.2, 0.25) is 0 Å². The average Bonchev–Trinajstić information content (AvgIpc) is 2.90. The summed E-state index contributed by atoms with van der Waals surface area (Å²) >= 11 is 0. The number of hydrogen-bond donors (Lipinski definition) is 1. The van der Waals surface area contributed by atoms with Crippen LogP contribution in [0.5, 0.6) is 5.75 Å². The van der Waals surface area contributed by atoms with Gasteiger partial charge in [-0.25, -0.2) is 0 Å². The quantitative estimate of drug-likeness (QED) is 0.846. The van der Waals surface area contributed by atoms with Gasteiger partial charge in [-0.3, -0.25) is 0 Å². The van der Waals surface area contributed by atoms with E-state index in [1.807, 2.05) is 44.2 Å². The van der Waals surface area contributed by atoms with E-state index in [0.717, 1.165) is 23.7 Å². The van der Waals surface area contributed by atoms with Crippen molar-refractivity contribution >= 4 is 0 Å². The van der Waals surface area contributed by atoms with Gasteiger partial charge in [0.1, 0.15) is 17.3 Å². The summed E-state index contributed by atoms with van der Waals surface area (Å²) in [6.07, 6.45) is 0.798. The molecule has 1 aromatic carbocycles. The number of para-hydroxylation sites is 1. The standard InChI is InChI=1S/C18H25NO2/c1-5-12(2)15-8-6-7-9-16(15)21-18(14(4)19)17-11-10-13(3)20-17/h6-12,14,18H,5,19H2,1-4H3. The van der Waals surface area contributed by atoms with Gasteiger partial charge in [-0.15, -0.1) is 0 Å². The summed E-state index contributed by atoms with van der Waals surface area (Å²) in [6.45, 7) is 8.25. The number of nitrogens with two attached hydrogens (primary N) is 1. The molecule has 114 valence electrons. The van der Waals surface area contributed by atoms with Crippen LogP contribution in [0.25, 0.3) is 0 Å². The lowest BCUT2D eigenvalue weighted by Crippen LogP contribution is -2.29. The molecule has 0 bridgehead atoms. The maximum Gasteiger partial charge on any atom is 0.171 e. The number of furan rings is 1. The van der Waals surface area contributed by atoms with E-state index < -0.39 is 0 Å². The van der Waals surface area contributed by atoms with Crippen LogP contribution in [0.1, 0.15) is 56.3 Å². The fourth-order valence-corrected chi connectivity index (χ4v) is 2.38. The molecular formula is C18H25NO2. The van der Waals surface area contributed by atoms with Crippen LogP contribution in [0.4, 0.5) is 0 Å². The highest BCUT2D eigenvalue weighted by molar-refractivity contribution is 5.36. The molecule has 2 aromatic rings. The molecular weight excluding hydrogens is 262 g/mol. The van der Waals surface area contributed by atoms with Gasteiger partial charge in [0.05, 0.1) is 0 Å². The predicted octanol–water partition coefficient (Wildman–Crippen LogP) is 4.57. The van der Waals surface area contributed by atoms with Gasteiger partial charge in [0, 0.05) is 6.04 Å². The van der Waals surface area contributed by atoms with E-state index in [1.54, 1.807) is 0 Å². The van der Waals surface area contributed by atoms with Crippen LogP contribution in [0.15, 0.2) is 40.8 Å². The second-order valence-electron chi connectivity index (χ2n) is 5.69. The Balaban J connectivity index is 2.30. The SMILES string of the molecule is CCC(C)c1ccccc1OC(c1ccc(C)o1)C(C)N. The van der Waals surface area contributed by atoms with Gasteiger partial charge in [0.15, 0.2) is 6.10 Å². The minimum Gasteiger partial charge on any atom is -0.481 e. The summed E-state index contributed by atoms with van der Waals surface area (Å²) in [5.41, 5.74) is 7.32.